The molecule has 4 nitrogen and oxygen atoms in total. The number of halogens is 3. The Kier molecular flexibility index (Phi) is 3.47. The molecule has 0 saturated heterocycles. The molecule has 0 fully saturated rings. The van der Waals surface area contributed by atoms with E-state index in [0.717, 1.165) is 6.20 Å². The first kappa shape index (κ1) is 12.4. The van der Waals surface area contributed by atoms with E-state index in [-0.39, 0.29) is 5.56 Å². The first-order chi connectivity index (χ1) is 7.36. The zero-order valence-electron chi connectivity index (χ0n) is 7.81. The van der Waals surface area contributed by atoms with Gasteiger partial charge in [0.1, 0.15) is 6.10 Å². The third kappa shape index (κ3) is 2.68. The van der Waals surface area contributed by atoms with Crippen molar-refractivity contribution >= 4 is 0 Å². The third-order valence-corrected chi connectivity index (χ3v) is 1.86. The van der Waals surface area contributed by atoms with Crippen LogP contribution in [0, 0.1) is 11.3 Å². The van der Waals surface area contributed by atoms with Crippen LogP contribution < -0.4 is 0 Å². The minimum atomic E-state index is -4.58. The molecule has 0 radical (unpaired) electrons. The molecule has 0 aliphatic heterocycles. The molecule has 0 aliphatic rings. The van der Waals surface area contributed by atoms with Crippen LogP contribution in [0.3, 0.4) is 0 Å². The van der Waals surface area contributed by atoms with E-state index in [4.69, 9.17) is 10.4 Å². The molecule has 2 unspecified atom stereocenters. The molecule has 1 aromatic rings. The number of hydrogen-bond donors (Lipinski definition) is 2. The van der Waals surface area contributed by atoms with Crippen LogP contribution in [0.4, 0.5) is 13.2 Å². The predicted octanol–water partition coefficient (Wildman–Crippen LogP) is 1.02. The Bertz CT molecular complexity index is 414. The molecular formula is C9H7F3N2O2. The Balaban J connectivity index is 3.05. The number of rotatable bonds is 2. The van der Waals surface area contributed by atoms with Gasteiger partial charge in [0.05, 0.1) is 11.6 Å². The van der Waals surface area contributed by atoms with Crippen molar-refractivity contribution in [1.29, 1.82) is 5.26 Å². The second-order valence-electron chi connectivity index (χ2n) is 3.02. The Hall–Kier alpha value is -1.65. The Labute approximate surface area is 88.6 Å². The van der Waals surface area contributed by atoms with Crippen LogP contribution in [0.15, 0.2) is 18.5 Å². The van der Waals surface area contributed by atoms with Crippen LogP contribution in [0.5, 0.6) is 0 Å². The van der Waals surface area contributed by atoms with Crippen LogP contribution in [-0.4, -0.2) is 21.3 Å². The summed E-state index contributed by atoms with van der Waals surface area (Å²) >= 11 is 0. The standard InChI is InChI=1S/C9H7F3N2O2/c10-9(11,12)6-1-5(3-14-4-6)8(16)7(15)2-13/h1,3-4,7-8,15-16H. The highest BCUT2D eigenvalue weighted by molar-refractivity contribution is 5.24. The van der Waals surface area contributed by atoms with Crippen molar-refractivity contribution in [2.75, 3.05) is 0 Å². The number of nitriles is 1. The summed E-state index contributed by atoms with van der Waals surface area (Å²) in [5.74, 6) is 0. The maximum Gasteiger partial charge on any atom is 0.417 e. The number of aliphatic hydroxyl groups excluding tert-OH is 2. The van der Waals surface area contributed by atoms with Crippen molar-refractivity contribution in [3.8, 4) is 6.07 Å². The van der Waals surface area contributed by atoms with Crippen molar-refractivity contribution in [3.63, 3.8) is 0 Å². The molecular weight excluding hydrogens is 225 g/mol. The maximum atomic E-state index is 12.3. The first-order valence-corrected chi connectivity index (χ1v) is 4.14. The SMILES string of the molecule is N#CC(O)C(O)c1cncc(C(F)(F)F)c1. The summed E-state index contributed by atoms with van der Waals surface area (Å²) in [6.45, 7) is 0. The van der Waals surface area contributed by atoms with Gasteiger partial charge in [-0.25, -0.2) is 0 Å². The molecule has 0 spiro atoms. The highest BCUT2D eigenvalue weighted by Crippen LogP contribution is 2.30. The quantitative estimate of drug-likeness (QED) is 0.746. The highest BCUT2D eigenvalue weighted by atomic mass is 19.4. The van der Waals surface area contributed by atoms with E-state index in [0.29, 0.717) is 12.3 Å². The van der Waals surface area contributed by atoms with E-state index < -0.39 is 23.9 Å². The Morgan fingerprint density at radius 2 is 1.94 bits per heavy atom. The number of alkyl halides is 3. The summed E-state index contributed by atoms with van der Waals surface area (Å²) in [7, 11) is 0. The molecule has 86 valence electrons. The summed E-state index contributed by atoms with van der Waals surface area (Å²) in [5.41, 5.74) is -1.31. The summed E-state index contributed by atoms with van der Waals surface area (Å²) in [6.07, 6.45) is -6.53. The fraction of sp³-hybridized carbons (Fsp3) is 0.333. The van der Waals surface area contributed by atoms with Gasteiger partial charge in [0, 0.05) is 18.0 Å². The Morgan fingerprint density at radius 1 is 1.31 bits per heavy atom. The van der Waals surface area contributed by atoms with E-state index >= 15 is 0 Å². The van der Waals surface area contributed by atoms with E-state index in [2.05, 4.69) is 4.98 Å². The van der Waals surface area contributed by atoms with Crippen molar-refractivity contribution in [2.24, 2.45) is 0 Å². The van der Waals surface area contributed by atoms with Crippen LogP contribution in [0.25, 0.3) is 0 Å². The second kappa shape index (κ2) is 4.47. The van der Waals surface area contributed by atoms with Gasteiger partial charge in [-0.05, 0) is 6.07 Å². The van der Waals surface area contributed by atoms with Gasteiger partial charge < -0.3 is 10.2 Å². The first-order valence-electron chi connectivity index (χ1n) is 4.14. The van der Waals surface area contributed by atoms with E-state index in [1.807, 2.05) is 0 Å². The maximum absolute atomic E-state index is 12.3. The van der Waals surface area contributed by atoms with Gasteiger partial charge in [0.25, 0.3) is 0 Å². The molecule has 2 N–H and O–H groups in total. The molecule has 16 heavy (non-hydrogen) atoms. The van der Waals surface area contributed by atoms with Crippen LogP contribution in [0.1, 0.15) is 17.2 Å². The molecule has 2 atom stereocenters. The van der Waals surface area contributed by atoms with Gasteiger partial charge in [-0.15, -0.1) is 0 Å². The van der Waals surface area contributed by atoms with Gasteiger partial charge >= 0.3 is 6.18 Å². The van der Waals surface area contributed by atoms with E-state index in [1.54, 1.807) is 0 Å². The van der Waals surface area contributed by atoms with Crippen molar-refractivity contribution in [1.82, 2.24) is 4.98 Å². The smallest absolute Gasteiger partial charge is 0.384 e. The lowest BCUT2D eigenvalue weighted by Gasteiger charge is -2.13. The molecule has 7 heteroatoms. The molecule has 0 aliphatic carbocycles. The number of aliphatic hydroxyl groups is 2. The Morgan fingerprint density at radius 3 is 2.44 bits per heavy atom. The fourth-order valence-electron chi connectivity index (χ4n) is 1.03. The summed E-state index contributed by atoms with van der Waals surface area (Å²) in [5, 5.41) is 26.5. The number of nitrogens with zero attached hydrogens (tertiary/aromatic N) is 2. The molecule has 0 aromatic carbocycles. The molecule has 0 saturated carbocycles. The average Bonchev–Trinajstić information content (AvgIpc) is 2.26. The lowest BCUT2D eigenvalue weighted by Crippen LogP contribution is -2.17. The van der Waals surface area contributed by atoms with Crippen molar-refractivity contribution < 1.29 is 23.4 Å². The van der Waals surface area contributed by atoms with Crippen LogP contribution in [0.2, 0.25) is 0 Å². The lowest BCUT2D eigenvalue weighted by atomic mass is 10.1. The van der Waals surface area contributed by atoms with Gasteiger partial charge in [0.2, 0.25) is 0 Å². The van der Waals surface area contributed by atoms with E-state index in [1.165, 1.54) is 6.07 Å². The van der Waals surface area contributed by atoms with Crippen molar-refractivity contribution in [2.45, 2.75) is 18.4 Å². The van der Waals surface area contributed by atoms with Crippen LogP contribution >= 0.6 is 0 Å². The monoisotopic (exact) mass is 232 g/mol. The summed E-state index contributed by atoms with van der Waals surface area (Å²) in [6, 6.07) is 1.96. The van der Waals surface area contributed by atoms with E-state index in [9.17, 15) is 18.3 Å². The van der Waals surface area contributed by atoms with Gasteiger partial charge in [-0.3, -0.25) is 4.98 Å². The van der Waals surface area contributed by atoms with Gasteiger partial charge in [-0.1, -0.05) is 0 Å². The largest absolute Gasteiger partial charge is 0.417 e. The highest BCUT2D eigenvalue weighted by Gasteiger charge is 2.32. The average molecular weight is 232 g/mol. The number of pyridine rings is 1. The minimum Gasteiger partial charge on any atom is -0.384 e. The molecule has 1 heterocycles. The normalized spacial score (nSPS) is 15.2. The van der Waals surface area contributed by atoms with Gasteiger partial charge in [0.15, 0.2) is 6.10 Å². The van der Waals surface area contributed by atoms with Crippen LogP contribution in [-0.2, 0) is 6.18 Å². The molecule has 0 bridgehead atoms. The lowest BCUT2D eigenvalue weighted by molar-refractivity contribution is -0.138. The predicted molar refractivity (Wildman–Crippen MR) is 45.8 cm³/mol. The zero-order chi connectivity index (χ0) is 12.3. The second-order valence-corrected chi connectivity index (χ2v) is 3.02. The molecule has 1 aromatic heterocycles. The topological polar surface area (TPSA) is 77.1 Å². The summed E-state index contributed by atoms with van der Waals surface area (Å²) in [4.78, 5) is 3.29. The summed E-state index contributed by atoms with van der Waals surface area (Å²) < 4.78 is 36.8. The number of hydrogen-bond acceptors (Lipinski definition) is 4. The molecule has 1 rings (SSSR count). The van der Waals surface area contributed by atoms with Gasteiger partial charge in [-0.2, -0.15) is 18.4 Å². The minimum absolute atomic E-state index is 0.260. The molecule has 0 amide bonds. The van der Waals surface area contributed by atoms with Crippen molar-refractivity contribution in [3.05, 3.63) is 29.6 Å². The third-order valence-electron chi connectivity index (χ3n) is 1.86. The fourth-order valence-corrected chi connectivity index (χ4v) is 1.03. The number of aromatic nitrogens is 1. The zero-order valence-corrected chi connectivity index (χ0v) is 7.81.